The number of amides is 1. The van der Waals surface area contributed by atoms with Crippen molar-refractivity contribution >= 4 is 21.6 Å². The zero-order valence-corrected chi connectivity index (χ0v) is 12.2. The van der Waals surface area contributed by atoms with Gasteiger partial charge in [0.2, 0.25) is 15.9 Å². The molecule has 0 radical (unpaired) electrons. The van der Waals surface area contributed by atoms with Crippen LogP contribution in [0, 0.1) is 5.92 Å². The van der Waals surface area contributed by atoms with Crippen molar-refractivity contribution in [2.24, 2.45) is 5.92 Å². The fraction of sp³-hybridized carbons (Fsp3) is 0.462. The third-order valence-corrected chi connectivity index (χ3v) is 4.76. The molecular formula is C13H19N3O3S. The molecule has 6 nitrogen and oxygen atoms in total. The lowest BCUT2D eigenvalue weighted by Crippen LogP contribution is -2.37. The highest BCUT2D eigenvalue weighted by molar-refractivity contribution is 7.89. The molecule has 0 aliphatic carbocycles. The van der Waals surface area contributed by atoms with Gasteiger partial charge in [0.25, 0.3) is 0 Å². The highest BCUT2D eigenvalue weighted by Crippen LogP contribution is 2.17. The zero-order valence-electron chi connectivity index (χ0n) is 11.3. The van der Waals surface area contributed by atoms with Crippen molar-refractivity contribution in [1.29, 1.82) is 0 Å². The van der Waals surface area contributed by atoms with Crippen molar-refractivity contribution in [3.63, 3.8) is 0 Å². The van der Waals surface area contributed by atoms with Gasteiger partial charge in [-0.3, -0.25) is 4.79 Å². The maximum Gasteiger partial charge on any atom is 0.240 e. The smallest absolute Gasteiger partial charge is 0.240 e. The molecule has 1 aliphatic rings. The lowest BCUT2D eigenvalue weighted by atomic mass is 9.99. The number of piperidine rings is 1. The number of carbonyl (C=O) groups is 1. The lowest BCUT2D eigenvalue weighted by Gasteiger charge is -2.22. The van der Waals surface area contributed by atoms with E-state index in [9.17, 15) is 13.2 Å². The summed E-state index contributed by atoms with van der Waals surface area (Å²) in [4.78, 5) is 12.2. The van der Waals surface area contributed by atoms with Crippen molar-refractivity contribution in [2.75, 3.05) is 25.5 Å². The number of carbonyl (C=O) groups excluding carboxylic acids is 1. The van der Waals surface area contributed by atoms with E-state index in [1.165, 1.54) is 19.2 Å². The van der Waals surface area contributed by atoms with Gasteiger partial charge in [-0.1, -0.05) is 6.07 Å². The van der Waals surface area contributed by atoms with E-state index in [2.05, 4.69) is 15.4 Å². The fourth-order valence-corrected chi connectivity index (χ4v) is 2.95. The minimum Gasteiger partial charge on any atom is -0.326 e. The molecule has 1 heterocycles. The largest absolute Gasteiger partial charge is 0.326 e. The van der Waals surface area contributed by atoms with Gasteiger partial charge in [-0.25, -0.2) is 13.1 Å². The van der Waals surface area contributed by atoms with E-state index in [-0.39, 0.29) is 16.7 Å². The summed E-state index contributed by atoms with van der Waals surface area (Å²) in [7, 11) is -2.14. The van der Waals surface area contributed by atoms with Crippen molar-refractivity contribution in [3.8, 4) is 0 Å². The molecule has 2 rings (SSSR count). The molecule has 1 fully saturated rings. The predicted octanol–water partition coefficient (Wildman–Crippen LogP) is 0.533. The number of benzene rings is 1. The second-order valence-electron chi connectivity index (χ2n) is 4.77. The van der Waals surface area contributed by atoms with E-state index in [4.69, 9.17) is 0 Å². The van der Waals surface area contributed by atoms with E-state index >= 15 is 0 Å². The molecule has 1 aromatic rings. The van der Waals surface area contributed by atoms with Crippen molar-refractivity contribution in [1.82, 2.24) is 10.0 Å². The summed E-state index contributed by atoms with van der Waals surface area (Å²) in [6.07, 6.45) is 1.83. The van der Waals surface area contributed by atoms with Crippen LogP contribution in [0.3, 0.4) is 0 Å². The normalized spacial score (nSPS) is 19.6. The van der Waals surface area contributed by atoms with Crippen molar-refractivity contribution in [2.45, 2.75) is 17.7 Å². The Morgan fingerprint density at radius 1 is 1.40 bits per heavy atom. The summed E-state index contributed by atoms with van der Waals surface area (Å²) in [6, 6.07) is 6.24. The number of anilines is 1. The highest BCUT2D eigenvalue weighted by atomic mass is 32.2. The number of rotatable bonds is 4. The Hall–Kier alpha value is -1.44. The molecule has 1 saturated heterocycles. The van der Waals surface area contributed by atoms with Gasteiger partial charge in [-0.05, 0) is 44.6 Å². The summed E-state index contributed by atoms with van der Waals surface area (Å²) in [5.74, 6) is -0.135. The van der Waals surface area contributed by atoms with Gasteiger partial charge in [0, 0.05) is 12.2 Å². The second kappa shape index (κ2) is 6.34. The van der Waals surface area contributed by atoms with Gasteiger partial charge in [0.05, 0.1) is 10.8 Å². The van der Waals surface area contributed by atoms with Crippen molar-refractivity contribution < 1.29 is 13.2 Å². The standard InChI is InChI=1S/C13H19N3O3S/c1-14-20(18,19)12-6-2-5-11(8-12)16-13(17)10-4-3-7-15-9-10/h2,5-6,8,10,14-15H,3-4,7,9H2,1H3,(H,16,17). The lowest BCUT2D eigenvalue weighted by molar-refractivity contribution is -0.120. The molecule has 1 unspecified atom stereocenters. The molecule has 0 saturated carbocycles. The number of nitrogens with one attached hydrogen (secondary N) is 3. The summed E-state index contributed by atoms with van der Waals surface area (Å²) in [6.45, 7) is 1.61. The Labute approximate surface area is 119 Å². The van der Waals surface area contributed by atoms with Crippen LogP contribution in [-0.2, 0) is 14.8 Å². The average molecular weight is 297 g/mol. The maximum absolute atomic E-state index is 12.1. The Balaban J connectivity index is 2.10. The first kappa shape index (κ1) is 15.0. The molecule has 1 amide bonds. The molecule has 7 heteroatoms. The minimum absolute atomic E-state index is 0.0617. The maximum atomic E-state index is 12.1. The fourth-order valence-electron chi connectivity index (χ4n) is 2.18. The van der Waals surface area contributed by atoms with Crippen LogP contribution in [-0.4, -0.2) is 34.5 Å². The van der Waals surface area contributed by atoms with Crippen LogP contribution in [0.5, 0.6) is 0 Å². The summed E-state index contributed by atoms with van der Waals surface area (Å²) >= 11 is 0. The van der Waals surface area contributed by atoms with Gasteiger partial charge in [0.1, 0.15) is 0 Å². The Morgan fingerprint density at radius 2 is 2.20 bits per heavy atom. The number of sulfonamides is 1. The molecule has 1 aromatic carbocycles. The molecule has 0 spiro atoms. The Morgan fingerprint density at radius 3 is 2.85 bits per heavy atom. The molecule has 1 aliphatic heterocycles. The van der Waals surface area contributed by atoms with Gasteiger partial charge < -0.3 is 10.6 Å². The minimum atomic E-state index is -3.49. The Bertz CT molecular complexity index is 580. The number of hydrogen-bond donors (Lipinski definition) is 3. The summed E-state index contributed by atoms with van der Waals surface area (Å²) < 4.78 is 25.7. The zero-order chi connectivity index (χ0) is 14.6. The van der Waals surface area contributed by atoms with E-state index in [1.807, 2.05) is 0 Å². The van der Waals surface area contributed by atoms with Crippen LogP contribution in [0.4, 0.5) is 5.69 Å². The predicted molar refractivity (Wildman–Crippen MR) is 76.9 cm³/mol. The van der Waals surface area contributed by atoms with E-state index < -0.39 is 10.0 Å². The molecule has 0 aromatic heterocycles. The second-order valence-corrected chi connectivity index (χ2v) is 6.65. The van der Waals surface area contributed by atoms with Gasteiger partial charge >= 0.3 is 0 Å². The topological polar surface area (TPSA) is 87.3 Å². The third-order valence-electron chi connectivity index (χ3n) is 3.35. The molecule has 20 heavy (non-hydrogen) atoms. The van der Waals surface area contributed by atoms with Crippen LogP contribution in [0.1, 0.15) is 12.8 Å². The Kier molecular flexibility index (Phi) is 4.74. The SMILES string of the molecule is CNS(=O)(=O)c1cccc(NC(=O)C2CCCNC2)c1. The first-order chi connectivity index (χ1) is 9.53. The molecule has 1 atom stereocenters. The molecular weight excluding hydrogens is 278 g/mol. The van der Waals surface area contributed by atoms with E-state index in [0.29, 0.717) is 12.2 Å². The van der Waals surface area contributed by atoms with Gasteiger partial charge in [-0.2, -0.15) is 0 Å². The average Bonchev–Trinajstić information content (AvgIpc) is 2.48. The van der Waals surface area contributed by atoms with E-state index in [1.54, 1.807) is 12.1 Å². The third kappa shape index (κ3) is 3.56. The highest BCUT2D eigenvalue weighted by Gasteiger charge is 2.21. The van der Waals surface area contributed by atoms with Gasteiger partial charge in [-0.15, -0.1) is 0 Å². The van der Waals surface area contributed by atoms with E-state index in [0.717, 1.165) is 19.4 Å². The first-order valence-electron chi connectivity index (χ1n) is 6.58. The van der Waals surface area contributed by atoms with Crippen LogP contribution < -0.4 is 15.4 Å². The van der Waals surface area contributed by atoms with Crippen molar-refractivity contribution in [3.05, 3.63) is 24.3 Å². The first-order valence-corrected chi connectivity index (χ1v) is 8.06. The number of hydrogen-bond acceptors (Lipinski definition) is 4. The van der Waals surface area contributed by atoms with Gasteiger partial charge in [0.15, 0.2) is 0 Å². The van der Waals surface area contributed by atoms with Crippen LogP contribution in [0.25, 0.3) is 0 Å². The quantitative estimate of drug-likeness (QED) is 0.756. The monoisotopic (exact) mass is 297 g/mol. The molecule has 0 bridgehead atoms. The summed E-state index contributed by atoms with van der Waals surface area (Å²) in [5.41, 5.74) is 0.497. The van der Waals surface area contributed by atoms with Crippen LogP contribution >= 0.6 is 0 Å². The molecule has 3 N–H and O–H groups in total. The van der Waals surface area contributed by atoms with Crippen LogP contribution in [0.2, 0.25) is 0 Å². The summed E-state index contributed by atoms with van der Waals surface area (Å²) in [5, 5.41) is 5.96. The molecule has 110 valence electrons. The van der Waals surface area contributed by atoms with Crippen LogP contribution in [0.15, 0.2) is 29.2 Å².